The average molecular weight is 440 g/mol. The number of aryl methyl sites for hydroxylation is 1. The molecule has 7 nitrogen and oxygen atoms in total. The molecule has 0 aliphatic carbocycles. The van der Waals surface area contributed by atoms with E-state index in [9.17, 15) is 4.79 Å². The number of H-pyrrole nitrogens is 1. The summed E-state index contributed by atoms with van der Waals surface area (Å²) in [5.74, 6) is 1.10. The third-order valence-electron chi connectivity index (χ3n) is 6.72. The van der Waals surface area contributed by atoms with Crippen LogP contribution in [-0.2, 0) is 10.2 Å². The van der Waals surface area contributed by atoms with Crippen LogP contribution in [0.5, 0.6) is 0 Å². The van der Waals surface area contributed by atoms with Crippen molar-refractivity contribution < 1.29 is 9.53 Å². The molecule has 2 aliphatic rings. The van der Waals surface area contributed by atoms with Crippen molar-refractivity contribution in [2.24, 2.45) is 0 Å². The zero-order chi connectivity index (χ0) is 23.2. The zero-order valence-corrected chi connectivity index (χ0v) is 18.7. The van der Waals surface area contributed by atoms with E-state index in [-0.39, 0.29) is 17.2 Å². The molecule has 0 spiro atoms. The lowest BCUT2D eigenvalue weighted by molar-refractivity contribution is -0.0539. The summed E-state index contributed by atoms with van der Waals surface area (Å²) in [6.07, 6.45) is 1.25. The highest BCUT2D eigenvalue weighted by Gasteiger charge is 2.39. The zero-order valence-electron chi connectivity index (χ0n) is 18.7. The van der Waals surface area contributed by atoms with Gasteiger partial charge in [-0.3, -0.25) is 4.79 Å². The molecule has 2 aliphatic heterocycles. The number of hydrogen-bond acceptors (Lipinski definition) is 5. The minimum atomic E-state index is -0.171. The number of benzene rings is 2. The molecule has 166 valence electrons. The van der Waals surface area contributed by atoms with Crippen LogP contribution in [0.1, 0.15) is 51.4 Å². The van der Waals surface area contributed by atoms with Gasteiger partial charge in [-0.2, -0.15) is 5.26 Å². The lowest BCUT2D eigenvalue weighted by Crippen LogP contribution is -2.48. The number of amides is 1. The summed E-state index contributed by atoms with van der Waals surface area (Å²) >= 11 is 0. The molecule has 1 amide bonds. The maximum Gasteiger partial charge on any atom is 0.253 e. The molecule has 7 heteroatoms. The van der Waals surface area contributed by atoms with E-state index < -0.39 is 0 Å². The first-order chi connectivity index (χ1) is 15.9. The number of aromatic nitrogens is 2. The number of imidazole rings is 1. The van der Waals surface area contributed by atoms with Crippen molar-refractivity contribution in [3.05, 3.63) is 76.2 Å². The Bertz CT molecular complexity index is 1280. The van der Waals surface area contributed by atoms with Crippen molar-refractivity contribution in [3.8, 4) is 17.3 Å². The van der Waals surface area contributed by atoms with Crippen molar-refractivity contribution in [1.29, 1.82) is 10.7 Å². The molecule has 2 N–H and O–H groups in total. The van der Waals surface area contributed by atoms with Crippen LogP contribution < -0.4 is 0 Å². The smallest absolute Gasteiger partial charge is 0.253 e. The molecule has 0 radical (unpaired) electrons. The van der Waals surface area contributed by atoms with Gasteiger partial charge in [0.1, 0.15) is 11.5 Å². The fraction of sp³-hybridized carbons (Fsp3) is 0.308. The highest BCUT2D eigenvalue weighted by molar-refractivity contribution is 5.97. The number of nitrogens with zero attached hydrogens (tertiary/aromatic N) is 3. The van der Waals surface area contributed by atoms with E-state index in [1.807, 2.05) is 54.3 Å². The largest absolute Gasteiger partial charge is 0.379 e. The van der Waals surface area contributed by atoms with E-state index in [1.165, 1.54) is 6.21 Å². The van der Waals surface area contributed by atoms with E-state index >= 15 is 0 Å². The van der Waals surface area contributed by atoms with Crippen molar-refractivity contribution in [1.82, 2.24) is 14.9 Å². The maximum atomic E-state index is 13.2. The van der Waals surface area contributed by atoms with Crippen molar-refractivity contribution in [3.63, 3.8) is 0 Å². The summed E-state index contributed by atoms with van der Waals surface area (Å²) in [5, 5.41) is 16.8. The number of nitrogens with one attached hydrogen (secondary N) is 2. The van der Waals surface area contributed by atoms with Gasteiger partial charge in [-0.15, -0.1) is 0 Å². The monoisotopic (exact) mass is 439 g/mol. The van der Waals surface area contributed by atoms with Gasteiger partial charge in [0, 0.05) is 36.3 Å². The quantitative estimate of drug-likeness (QED) is 0.590. The summed E-state index contributed by atoms with van der Waals surface area (Å²) in [6.45, 7) is 6.61. The molecule has 33 heavy (non-hydrogen) atoms. The van der Waals surface area contributed by atoms with Gasteiger partial charge in [-0.1, -0.05) is 18.2 Å². The SMILES string of the molecule is Cc1ccc(C(=O)N2CC(c3ccc(C#N)cc3)C2)cc1-c1[nH]c(C2(C)COC2)nc1C=N. The molecule has 3 aromatic rings. The first-order valence-electron chi connectivity index (χ1n) is 11.0. The van der Waals surface area contributed by atoms with Crippen molar-refractivity contribution >= 4 is 12.1 Å². The predicted molar refractivity (Wildman–Crippen MR) is 125 cm³/mol. The normalized spacial score (nSPS) is 17.1. The Kier molecular flexibility index (Phi) is 5.10. The number of aromatic amines is 1. The number of likely N-dealkylation sites (tertiary alicyclic amines) is 1. The second kappa shape index (κ2) is 7.98. The number of rotatable bonds is 5. The third-order valence-corrected chi connectivity index (χ3v) is 6.72. The predicted octanol–water partition coefficient (Wildman–Crippen LogP) is 3.78. The fourth-order valence-corrected chi connectivity index (χ4v) is 4.42. The molecule has 2 aromatic carbocycles. The van der Waals surface area contributed by atoms with E-state index in [1.54, 1.807) is 0 Å². The first-order valence-corrected chi connectivity index (χ1v) is 11.0. The Labute approximate surface area is 192 Å². The topological polar surface area (TPSA) is 106 Å². The van der Waals surface area contributed by atoms with Gasteiger partial charge >= 0.3 is 0 Å². The molecule has 0 bridgehead atoms. The van der Waals surface area contributed by atoms with Crippen molar-refractivity contribution in [2.45, 2.75) is 25.2 Å². The first kappa shape index (κ1) is 21.1. The second-order valence-corrected chi connectivity index (χ2v) is 9.21. The Morgan fingerprint density at radius 2 is 2.00 bits per heavy atom. The fourth-order valence-electron chi connectivity index (χ4n) is 4.42. The number of carbonyl (C=O) groups is 1. The van der Waals surface area contributed by atoms with Gasteiger partial charge in [0.2, 0.25) is 0 Å². The maximum absolute atomic E-state index is 13.2. The molecule has 0 saturated carbocycles. The van der Waals surface area contributed by atoms with Crippen LogP contribution >= 0.6 is 0 Å². The van der Waals surface area contributed by atoms with Gasteiger partial charge in [0.05, 0.1) is 36.0 Å². The van der Waals surface area contributed by atoms with E-state index in [4.69, 9.17) is 15.4 Å². The average Bonchev–Trinajstić information content (AvgIpc) is 3.21. The third kappa shape index (κ3) is 3.62. The van der Waals surface area contributed by atoms with Crippen LogP contribution in [0, 0.1) is 23.7 Å². The molecule has 0 unspecified atom stereocenters. The van der Waals surface area contributed by atoms with Gasteiger partial charge in [0.25, 0.3) is 5.91 Å². The number of nitriles is 1. The highest BCUT2D eigenvalue weighted by atomic mass is 16.5. The van der Waals surface area contributed by atoms with Gasteiger partial charge in [-0.05, 0) is 49.2 Å². The molecule has 2 saturated heterocycles. The Balaban J connectivity index is 1.37. The van der Waals surface area contributed by atoms with Crippen LogP contribution in [0.4, 0.5) is 0 Å². The van der Waals surface area contributed by atoms with Crippen molar-refractivity contribution in [2.75, 3.05) is 26.3 Å². The minimum Gasteiger partial charge on any atom is -0.379 e. The molecular formula is C26H25N5O2. The highest BCUT2D eigenvalue weighted by Crippen LogP contribution is 2.34. The van der Waals surface area contributed by atoms with Crippen LogP contribution in [0.2, 0.25) is 0 Å². The summed E-state index contributed by atoms with van der Waals surface area (Å²) in [4.78, 5) is 23.1. The molecule has 0 atom stereocenters. The Morgan fingerprint density at radius 3 is 2.61 bits per heavy atom. The van der Waals surface area contributed by atoms with E-state index in [2.05, 4.69) is 23.0 Å². The molecule has 3 heterocycles. The summed E-state index contributed by atoms with van der Waals surface area (Å²) < 4.78 is 5.37. The van der Waals surface area contributed by atoms with Crippen LogP contribution in [0.25, 0.3) is 11.3 Å². The van der Waals surface area contributed by atoms with E-state index in [0.717, 1.165) is 28.2 Å². The summed E-state index contributed by atoms with van der Waals surface area (Å²) in [5.41, 5.74) is 5.47. The lowest BCUT2D eigenvalue weighted by Gasteiger charge is -2.39. The Hall–Kier alpha value is -3.76. The van der Waals surface area contributed by atoms with Gasteiger partial charge in [-0.25, -0.2) is 4.98 Å². The summed E-state index contributed by atoms with van der Waals surface area (Å²) in [7, 11) is 0. The van der Waals surface area contributed by atoms with Crippen LogP contribution in [-0.4, -0.2) is 53.3 Å². The molecule has 2 fully saturated rings. The van der Waals surface area contributed by atoms with E-state index in [0.29, 0.717) is 43.1 Å². The molecule has 5 rings (SSSR count). The number of hydrogen-bond donors (Lipinski definition) is 2. The summed E-state index contributed by atoms with van der Waals surface area (Å²) in [6, 6.07) is 15.4. The Morgan fingerprint density at radius 1 is 1.27 bits per heavy atom. The van der Waals surface area contributed by atoms with Crippen LogP contribution in [0.15, 0.2) is 42.5 Å². The minimum absolute atomic E-state index is 0.00311. The number of ether oxygens (including phenoxy) is 1. The molecular weight excluding hydrogens is 414 g/mol. The van der Waals surface area contributed by atoms with Crippen LogP contribution in [0.3, 0.4) is 0 Å². The van der Waals surface area contributed by atoms with Gasteiger partial charge in [0.15, 0.2) is 0 Å². The van der Waals surface area contributed by atoms with Gasteiger partial charge < -0.3 is 20.0 Å². The molecule has 1 aromatic heterocycles. The standard InChI is InChI=1S/C26H25N5O2/c1-16-3-6-19(24(32)31-12-20(13-31)18-7-4-17(10-27)5-8-18)9-21(16)23-22(11-28)29-25(30-23)26(2)14-33-15-26/h3-9,11,20,28H,12-15H2,1-2H3,(H,29,30). The lowest BCUT2D eigenvalue weighted by atomic mass is 9.88. The number of carbonyl (C=O) groups excluding carboxylic acids is 1. The second-order valence-electron chi connectivity index (χ2n) is 9.21.